The molecule has 0 bridgehead atoms. The Balaban J connectivity index is 3.16. The van der Waals surface area contributed by atoms with Gasteiger partial charge in [0.15, 0.2) is 0 Å². The van der Waals surface area contributed by atoms with Crippen molar-refractivity contribution in [1.29, 1.82) is 0 Å². The lowest BCUT2D eigenvalue weighted by Gasteiger charge is -2.28. The summed E-state index contributed by atoms with van der Waals surface area (Å²) in [4.78, 5) is 11.3. The third-order valence-corrected chi connectivity index (χ3v) is 2.87. The van der Waals surface area contributed by atoms with Crippen LogP contribution in [0, 0.1) is 5.82 Å². The van der Waals surface area contributed by atoms with Crippen LogP contribution < -0.4 is 5.73 Å². The number of carboxylic acid groups (broad SMARTS) is 1. The number of benzene rings is 1. The van der Waals surface area contributed by atoms with Gasteiger partial charge in [0.05, 0.1) is 6.67 Å². The number of aliphatic carboxylic acids is 1. The Labute approximate surface area is 98.2 Å². The molecule has 1 aromatic carbocycles. The fraction of sp³-hybridized carbons (Fsp3) is 0.417. The molecule has 3 N–H and O–H groups in total. The average Bonchev–Trinajstić information content (AvgIpc) is 2.30. The summed E-state index contributed by atoms with van der Waals surface area (Å²) in [6.45, 7) is -0.809. The second kappa shape index (κ2) is 5.72. The minimum Gasteiger partial charge on any atom is -0.481 e. The molecule has 3 nitrogen and oxygen atoms in total. The zero-order chi connectivity index (χ0) is 12.9. The number of rotatable bonds is 6. The third-order valence-electron chi connectivity index (χ3n) is 2.87. The standard InChI is InChI=1S/C12H15F2NO2/c13-6-2-5-12(8-15,11(16)17)9-3-1-4-10(14)7-9/h1,3-4,7H,2,5-6,8,15H2,(H,16,17). The highest BCUT2D eigenvalue weighted by molar-refractivity contribution is 5.81. The summed E-state index contributed by atoms with van der Waals surface area (Å²) < 4.78 is 25.3. The van der Waals surface area contributed by atoms with Gasteiger partial charge in [0.25, 0.3) is 0 Å². The van der Waals surface area contributed by atoms with E-state index in [4.69, 9.17) is 5.73 Å². The number of carboxylic acids is 1. The normalized spacial score (nSPS) is 14.3. The number of nitrogens with two attached hydrogens (primary N) is 1. The number of hydrogen-bond donors (Lipinski definition) is 2. The van der Waals surface area contributed by atoms with E-state index < -0.39 is 23.9 Å². The van der Waals surface area contributed by atoms with Gasteiger partial charge in [0, 0.05) is 6.54 Å². The van der Waals surface area contributed by atoms with Crippen LogP contribution in [0.5, 0.6) is 0 Å². The Morgan fingerprint density at radius 1 is 1.47 bits per heavy atom. The fourth-order valence-electron chi connectivity index (χ4n) is 1.84. The fourth-order valence-corrected chi connectivity index (χ4v) is 1.84. The lowest BCUT2D eigenvalue weighted by Crippen LogP contribution is -2.43. The average molecular weight is 243 g/mol. The number of carbonyl (C=O) groups is 1. The largest absolute Gasteiger partial charge is 0.481 e. The monoisotopic (exact) mass is 243 g/mol. The molecule has 1 aromatic rings. The molecule has 1 atom stereocenters. The van der Waals surface area contributed by atoms with E-state index >= 15 is 0 Å². The van der Waals surface area contributed by atoms with Crippen LogP contribution in [-0.4, -0.2) is 24.3 Å². The van der Waals surface area contributed by atoms with Gasteiger partial charge in [-0.15, -0.1) is 0 Å². The summed E-state index contributed by atoms with van der Waals surface area (Å²) in [6, 6.07) is 5.29. The Hall–Kier alpha value is -1.49. The van der Waals surface area contributed by atoms with Crippen molar-refractivity contribution in [3.63, 3.8) is 0 Å². The lowest BCUT2D eigenvalue weighted by molar-refractivity contribution is -0.143. The van der Waals surface area contributed by atoms with Gasteiger partial charge in [0.2, 0.25) is 0 Å². The first-order valence-corrected chi connectivity index (χ1v) is 5.32. The summed E-state index contributed by atoms with van der Waals surface area (Å²) in [5.74, 6) is -1.68. The summed E-state index contributed by atoms with van der Waals surface area (Å²) in [7, 11) is 0. The highest BCUT2D eigenvalue weighted by Gasteiger charge is 2.38. The second-order valence-corrected chi connectivity index (χ2v) is 3.89. The molecule has 1 rings (SSSR count). The lowest BCUT2D eigenvalue weighted by atomic mass is 9.77. The molecule has 1 unspecified atom stereocenters. The van der Waals surface area contributed by atoms with Crippen molar-refractivity contribution in [2.75, 3.05) is 13.2 Å². The molecule has 0 aromatic heterocycles. The molecule has 0 saturated carbocycles. The zero-order valence-corrected chi connectivity index (χ0v) is 9.33. The molecular weight excluding hydrogens is 228 g/mol. The topological polar surface area (TPSA) is 63.3 Å². The number of hydrogen-bond acceptors (Lipinski definition) is 2. The molecule has 0 aliphatic rings. The van der Waals surface area contributed by atoms with Gasteiger partial charge in [-0.1, -0.05) is 12.1 Å². The van der Waals surface area contributed by atoms with E-state index in [-0.39, 0.29) is 24.9 Å². The van der Waals surface area contributed by atoms with Crippen molar-refractivity contribution in [3.05, 3.63) is 35.6 Å². The van der Waals surface area contributed by atoms with Crippen LogP contribution in [-0.2, 0) is 10.2 Å². The van der Waals surface area contributed by atoms with E-state index in [9.17, 15) is 18.7 Å². The van der Waals surface area contributed by atoms with Crippen LogP contribution >= 0.6 is 0 Å². The highest BCUT2D eigenvalue weighted by atomic mass is 19.1. The van der Waals surface area contributed by atoms with Gasteiger partial charge in [-0.05, 0) is 30.5 Å². The van der Waals surface area contributed by atoms with Crippen molar-refractivity contribution < 1.29 is 18.7 Å². The molecule has 0 fully saturated rings. The summed E-state index contributed by atoms with van der Waals surface area (Å²) in [5.41, 5.74) is 4.38. The molecule has 0 heterocycles. The minimum absolute atomic E-state index is 0.0544. The van der Waals surface area contributed by atoms with E-state index in [1.54, 1.807) is 0 Å². The highest BCUT2D eigenvalue weighted by Crippen LogP contribution is 2.29. The van der Waals surface area contributed by atoms with E-state index in [0.29, 0.717) is 0 Å². The maximum atomic E-state index is 13.1. The van der Waals surface area contributed by atoms with Gasteiger partial charge in [-0.3, -0.25) is 9.18 Å². The Bertz CT molecular complexity index is 398. The predicted molar refractivity (Wildman–Crippen MR) is 60.0 cm³/mol. The van der Waals surface area contributed by atoms with E-state index in [0.717, 1.165) is 6.07 Å². The first-order chi connectivity index (χ1) is 8.06. The first kappa shape index (κ1) is 13.6. The molecule has 0 saturated heterocycles. The molecule has 0 aliphatic carbocycles. The van der Waals surface area contributed by atoms with Crippen molar-refractivity contribution in [3.8, 4) is 0 Å². The molecule has 0 aliphatic heterocycles. The van der Waals surface area contributed by atoms with Gasteiger partial charge >= 0.3 is 5.97 Å². The van der Waals surface area contributed by atoms with Crippen LogP contribution in [0.1, 0.15) is 18.4 Å². The van der Waals surface area contributed by atoms with Crippen molar-refractivity contribution in [2.24, 2.45) is 5.73 Å². The molecule has 94 valence electrons. The van der Waals surface area contributed by atoms with E-state index in [2.05, 4.69) is 0 Å². The van der Waals surface area contributed by atoms with Crippen LogP contribution in [0.25, 0.3) is 0 Å². The number of halogens is 2. The molecule has 0 spiro atoms. The van der Waals surface area contributed by atoms with Crippen LogP contribution in [0.4, 0.5) is 8.78 Å². The van der Waals surface area contributed by atoms with Gasteiger partial charge < -0.3 is 10.8 Å². The van der Waals surface area contributed by atoms with Crippen molar-refractivity contribution >= 4 is 5.97 Å². The Kier molecular flexibility index (Phi) is 4.57. The summed E-state index contributed by atoms with van der Waals surface area (Å²) in [5, 5.41) is 9.27. The number of alkyl halides is 1. The second-order valence-electron chi connectivity index (χ2n) is 3.89. The predicted octanol–water partition coefficient (Wildman–Crippen LogP) is 1.86. The third kappa shape index (κ3) is 2.79. The molecule has 5 heteroatoms. The Morgan fingerprint density at radius 2 is 2.18 bits per heavy atom. The zero-order valence-electron chi connectivity index (χ0n) is 9.33. The van der Waals surface area contributed by atoms with Crippen LogP contribution in [0.2, 0.25) is 0 Å². The quantitative estimate of drug-likeness (QED) is 0.801. The maximum absolute atomic E-state index is 13.1. The summed E-state index contributed by atoms with van der Waals surface area (Å²) >= 11 is 0. The summed E-state index contributed by atoms with van der Waals surface area (Å²) in [6.07, 6.45) is 0.138. The molecule has 17 heavy (non-hydrogen) atoms. The SMILES string of the molecule is NCC(CCCF)(C(=O)O)c1cccc(F)c1. The van der Waals surface area contributed by atoms with Crippen molar-refractivity contribution in [1.82, 2.24) is 0 Å². The van der Waals surface area contributed by atoms with Gasteiger partial charge in [0.1, 0.15) is 11.2 Å². The minimum atomic E-state index is -1.41. The van der Waals surface area contributed by atoms with Crippen LogP contribution in [0.3, 0.4) is 0 Å². The van der Waals surface area contributed by atoms with Crippen LogP contribution in [0.15, 0.2) is 24.3 Å². The van der Waals surface area contributed by atoms with E-state index in [1.807, 2.05) is 0 Å². The molecule has 0 radical (unpaired) electrons. The van der Waals surface area contributed by atoms with Gasteiger partial charge in [-0.2, -0.15) is 0 Å². The van der Waals surface area contributed by atoms with Gasteiger partial charge in [-0.25, -0.2) is 4.39 Å². The first-order valence-electron chi connectivity index (χ1n) is 5.32. The smallest absolute Gasteiger partial charge is 0.315 e. The molecule has 0 amide bonds. The van der Waals surface area contributed by atoms with E-state index in [1.165, 1.54) is 18.2 Å². The Morgan fingerprint density at radius 3 is 2.65 bits per heavy atom. The maximum Gasteiger partial charge on any atom is 0.315 e. The van der Waals surface area contributed by atoms with Crippen molar-refractivity contribution in [2.45, 2.75) is 18.3 Å². The molecular formula is C12H15F2NO2.